The molecule has 1 unspecified atom stereocenters. The van der Waals surface area contributed by atoms with E-state index in [1.807, 2.05) is 26.0 Å². The van der Waals surface area contributed by atoms with E-state index in [0.717, 1.165) is 21.3 Å². The zero-order valence-electron chi connectivity index (χ0n) is 19.2. The molecule has 0 radical (unpaired) electrons. The molecule has 2 heterocycles. The fourth-order valence-corrected chi connectivity index (χ4v) is 5.65. The summed E-state index contributed by atoms with van der Waals surface area (Å²) in [5.41, 5.74) is 3.88. The fourth-order valence-electron chi connectivity index (χ4n) is 4.36. The lowest BCUT2D eigenvalue weighted by Gasteiger charge is -2.23. The van der Waals surface area contributed by atoms with Crippen molar-refractivity contribution in [2.75, 3.05) is 12.0 Å². The number of ketones is 1. The molecule has 1 amide bonds. The van der Waals surface area contributed by atoms with Gasteiger partial charge in [0.25, 0.3) is 5.78 Å². The van der Waals surface area contributed by atoms with Gasteiger partial charge in [-0.15, -0.1) is 0 Å². The van der Waals surface area contributed by atoms with Crippen LogP contribution in [0.25, 0.3) is 16.0 Å². The number of benzene rings is 3. The summed E-state index contributed by atoms with van der Waals surface area (Å²) in [5, 5.41) is 12.2. The second kappa shape index (κ2) is 8.83. The van der Waals surface area contributed by atoms with Crippen molar-refractivity contribution in [3.63, 3.8) is 0 Å². The van der Waals surface area contributed by atoms with Gasteiger partial charge in [-0.2, -0.15) is 0 Å². The molecule has 1 fully saturated rings. The van der Waals surface area contributed by atoms with Crippen molar-refractivity contribution in [2.24, 2.45) is 0 Å². The van der Waals surface area contributed by atoms with Crippen molar-refractivity contribution in [2.45, 2.75) is 19.9 Å². The van der Waals surface area contributed by atoms with Crippen molar-refractivity contribution in [1.29, 1.82) is 0 Å². The summed E-state index contributed by atoms with van der Waals surface area (Å²) in [6.45, 7) is 3.97. The Balaban J connectivity index is 1.72. The number of carbonyl (C=O) groups is 2. The minimum Gasteiger partial charge on any atom is -0.507 e. The van der Waals surface area contributed by atoms with E-state index in [4.69, 9.17) is 21.3 Å². The number of aliphatic hydroxyl groups is 1. The van der Waals surface area contributed by atoms with Crippen LogP contribution in [0.4, 0.5) is 5.13 Å². The molecule has 3 aromatic carbocycles. The normalized spacial score (nSPS) is 17.4. The lowest BCUT2D eigenvalue weighted by molar-refractivity contribution is -0.132. The Kier molecular flexibility index (Phi) is 5.83. The Bertz CT molecular complexity index is 1510. The molecule has 6 nitrogen and oxygen atoms in total. The summed E-state index contributed by atoms with van der Waals surface area (Å²) in [6, 6.07) is 16.7. The molecule has 0 bridgehead atoms. The smallest absolute Gasteiger partial charge is 0.301 e. The highest BCUT2D eigenvalue weighted by Gasteiger charge is 2.48. The average molecular weight is 505 g/mol. The lowest BCUT2D eigenvalue weighted by atomic mass is 9.95. The molecule has 0 aliphatic carbocycles. The van der Waals surface area contributed by atoms with Crippen molar-refractivity contribution < 1.29 is 19.4 Å². The summed E-state index contributed by atoms with van der Waals surface area (Å²) in [5.74, 6) is -1.17. The van der Waals surface area contributed by atoms with Gasteiger partial charge in [-0.1, -0.05) is 41.1 Å². The first kappa shape index (κ1) is 23.1. The molecule has 5 rings (SSSR count). The molecular weight excluding hydrogens is 484 g/mol. The number of Topliss-reactive ketones (excluding diaryl/α,β-unsaturated/α-hetero) is 1. The molecule has 1 N–H and O–H groups in total. The third kappa shape index (κ3) is 3.96. The van der Waals surface area contributed by atoms with E-state index in [1.165, 1.54) is 16.2 Å². The average Bonchev–Trinajstić information content (AvgIpc) is 3.38. The molecule has 0 saturated carbocycles. The molecule has 8 heteroatoms. The summed E-state index contributed by atoms with van der Waals surface area (Å²) < 4.78 is 6.11. The summed E-state index contributed by atoms with van der Waals surface area (Å²) in [7, 11) is 1.54. The molecule has 35 heavy (non-hydrogen) atoms. The van der Waals surface area contributed by atoms with Gasteiger partial charge in [0.15, 0.2) is 5.13 Å². The number of rotatable bonds is 4. The first-order valence-electron chi connectivity index (χ1n) is 10.9. The predicted molar refractivity (Wildman–Crippen MR) is 138 cm³/mol. The number of nitrogens with zero attached hydrogens (tertiary/aromatic N) is 2. The van der Waals surface area contributed by atoms with Gasteiger partial charge in [0.2, 0.25) is 0 Å². The minimum absolute atomic E-state index is 0.00496. The molecular formula is C27H21ClN2O4S. The topological polar surface area (TPSA) is 79.7 Å². The van der Waals surface area contributed by atoms with E-state index < -0.39 is 17.7 Å². The number of hydrogen-bond donors (Lipinski definition) is 1. The van der Waals surface area contributed by atoms with Gasteiger partial charge in [-0.25, -0.2) is 4.98 Å². The Labute approximate surface area is 211 Å². The van der Waals surface area contributed by atoms with Gasteiger partial charge in [0.05, 0.1) is 28.9 Å². The zero-order valence-corrected chi connectivity index (χ0v) is 20.8. The van der Waals surface area contributed by atoms with Crippen LogP contribution < -0.4 is 9.64 Å². The second-order valence-corrected chi connectivity index (χ2v) is 9.82. The summed E-state index contributed by atoms with van der Waals surface area (Å²) in [6.07, 6.45) is 0. The number of halogens is 1. The largest absolute Gasteiger partial charge is 0.507 e. The number of fused-ring (bicyclic) bond motifs is 1. The standard InChI is InChI=1S/C27H21ClN2O4S/c1-14-12-15(2)22-20(13-14)35-27(29-22)30-23(16-4-8-18(28)9-5-16)21(25(32)26(30)33)24(31)17-6-10-19(34-3)11-7-17/h4-13,23,31H,1-3H3. The summed E-state index contributed by atoms with van der Waals surface area (Å²) >= 11 is 7.45. The van der Waals surface area contributed by atoms with Crippen LogP contribution in [-0.4, -0.2) is 28.9 Å². The zero-order chi connectivity index (χ0) is 24.9. The number of carbonyl (C=O) groups excluding carboxylic acids is 2. The second-order valence-electron chi connectivity index (χ2n) is 8.37. The Morgan fingerprint density at radius 2 is 1.74 bits per heavy atom. The number of aliphatic hydroxyl groups excluding tert-OH is 1. The number of aryl methyl sites for hydroxylation is 2. The lowest BCUT2D eigenvalue weighted by Crippen LogP contribution is -2.29. The van der Waals surface area contributed by atoms with E-state index in [1.54, 1.807) is 55.6 Å². The minimum atomic E-state index is -0.865. The van der Waals surface area contributed by atoms with E-state index in [0.29, 0.717) is 27.0 Å². The van der Waals surface area contributed by atoms with E-state index in [-0.39, 0.29) is 11.3 Å². The van der Waals surface area contributed by atoms with Crippen molar-refractivity contribution in [3.05, 3.63) is 93.5 Å². The number of hydrogen-bond acceptors (Lipinski definition) is 6. The molecule has 1 saturated heterocycles. The van der Waals surface area contributed by atoms with Crippen molar-refractivity contribution in [3.8, 4) is 5.75 Å². The molecule has 1 aliphatic heterocycles. The number of anilines is 1. The third-order valence-electron chi connectivity index (χ3n) is 6.02. The van der Waals surface area contributed by atoms with Gasteiger partial charge in [-0.3, -0.25) is 14.5 Å². The van der Waals surface area contributed by atoms with Gasteiger partial charge in [-0.05, 0) is 73.0 Å². The van der Waals surface area contributed by atoms with Crippen LogP contribution in [0.5, 0.6) is 5.75 Å². The molecule has 176 valence electrons. The molecule has 1 aromatic heterocycles. The molecule has 4 aromatic rings. The summed E-state index contributed by atoms with van der Waals surface area (Å²) in [4.78, 5) is 32.8. The molecule has 1 aliphatic rings. The number of methoxy groups -OCH3 is 1. The van der Waals surface area contributed by atoms with Crippen LogP contribution in [-0.2, 0) is 9.59 Å². The van der Waals surface area contributed by atoms with Gasteiger partial charge < -0.3 is 9.84 Å². The first-order chi connectivity index (χ1) is 16.8. The molecule has 0 spiro atoms. The maximum Gasteiger partial charge on any atom is 0.301 e. The molecule has 1 atom stereocenters. The SMILES string of the molecule is COc1ccc(C(O)=C2C(=O)C(=O)N(c3nc4c(C)cc(C)cc4s3)C2c2ccc(Cl)cc2)cc1. The van der Waals surface area contributed by atoms with Gasteiger partial charge in [0.1, 0.15) is 11.5 Å². The van der Waals surface area contributed by atoms with Crippen LogP contribution in [0.2, 0.25) is 5.02 Å². The van der Waals surface area contributed by atoms with Crippen LogP contribution in [0.3, 0.4) is 0 Å². The van der Waals surface area contributed by atoms with Gasteiger partial charge >= 0.3 is 5.91 Å². The number of aromatic nitrogens is 1. The van der Waals surface area contributed by atoms with Crippen LogP contribution >= 0.6 is 22.9 Å². The monoisotopic (exact) mass is 504 g/mol. The maximum atomic E-state index is 13.4. The van der Waals surface area contributed by atoms with E-state index in [2.05, 4.69) is 0 Å². The highest BCUT2D eigenvalue weighted by molar-refractivity contribution is 7.22. The first-order valence-corrected chi connectivity index (χ1v) is 12.1. The number of amides is 1. The van der Waals surface area contributed by atoms with Crippen molar-refractivity contribution >= 4 is 55.7 Å². The Morgan fingerprint density at radius 1 is 1.06 bits per heavy atom. The Morgan fingerprint density at radius 3 is 2.40 bits per heavy atom. The fraction of sp³-hybridized carbons (Fsp3) is 0.148. The van der Waals surface area contributed by atoms with E-state index in [9.17, 15) is 14.7 Å². The third-order valence-corrected chi connectivity index (χ3v) is 7.27. The maximum absolute atomic E-state index is 13.4. The van der Waals surface area contributed by atoms with Crippen LogP contribution in [0.15, 0.2) is 66.2 Å². The van der Waals surface area contributed by atoms with Crippen LogP contribution in [0.1, 0.15) is 28.3 Å². The number of thiazole rings is 1. The number of ether oxygens (including phenoxy) is 1. The van der Waals surface area contributed by atoms with Gasteiger partial charge in [0, 0.05) is 10.6 Å². The van der Waals surface area contributed by atoms with E-state index >= 15 is 0 Å². The highest BCUT2D eigenvalue weighted by atomic mass is 35.5. The predicted octanol–water partition coefficient (Wildman–Crippen LogP) is 6.20. The van der Waals surface area contributed by atoms with Crippen LogP contribution in [0, 0.1) is 13.8 Å². The quantitative estimate of drug-likeness (QED) is 0.203. The highest BCUT2D eigenvalue weighted by Crippen LogP contribution is 2.45. The Hall–Kier alpha value is -3.68. The van der Waals surface area contributed by atoms with Crippen molar-refractivity contribution in [1.82, 2.24) is 4.98 Å².